The molecule has 0 amide bonds. The summed E-state index contributed by atoms with van der Waals surface area (Å²) in [6.45, 7) is 6.83. The molecule has 0 spiro atoms. The first kappa shape index (κ1) is 11.0. The smallest absolute Gasteiger partial charge is 0.0478 e. The average molecular weight is 224 g/mol. The molecule has 0 aliphatic carbocycles. The Morgan fingerprint density at radius 2 is 2.47 bits per heavy atom. The fourth-order valence-electron chi connectivity index (χ4n) is 2.25. The summed E-state index contributed by atoms with van der Waals surface area (Å²) in [4.78, 5) is 2.54. The predicted molar refractivity (Wildman–Crippen MR) is 67.8 cm³/mol. The Morgan fingerprint density at radius 3 is 3.13 bits per heavy atom. The van der Waals surface area contributed by atoms with Gasteiger partial charge in [0.15, 0.2) is 0 Å². The summed E-state index contributed by atoms with van der Waals surface area (Å²) in [5.41, 5.74) is 1.40. The Balaban J connectivity index is 2.02. The van der Waals surface area contributed by atoms with Crippen molar-refractivity contribution < 1.29 is 0 Å². The van der Waals surface area contributed by atoms with Crippen molar-refractivity contribution in [2.75, 3.05) is 18.0 Å². The van der Waals surface area contributed by atoms with E-state index in [4.69, 9.17) is 0 Å². The van der Waals surface area contributed by atoms with Crippen molar-refractivity contribution in [3.05, 3.63) is 16.8 Å². The lowest BCUT2D eigenvalue weighted by Gasteiger charge is -2.40. The van der Waals surface area contributed by atoms with Gasteiger partial charge in [0.1, 0.15) is 0 Å². The first-order valence-corrected chi connectivity index (χ1v) is 6.77. The fourth-order valence-corrected chi connectivity index (χ4v) is 2.90. The van der Waals surface area contributed by atoms with Crippen LogP contribution in [0.3, 0.4) is 0 Å². The molecule has 2 rings (SSSR count). The largest absolute Gasteiger partial charge is 0.365 e. The number of anilines is 1. The summed E-state index contributed by atoms with van der Waals surface area (Å²) in [6, 6.07) is 3.52. The summed E-state index contributed by atoms with van der Waals surface area (Å²) < 4.78 is 0. The van der Waals surface area contributed by atoms with E-state index in [1.54, 1.807) is 11.3 Å². The lowest BCUT2D eigenvalue weighted by Crippen LogP contribution is -2.55. The lowest BCUT2D eigenvalue weighted by molar-refractivity contribution is 0.386. The van der Waals surface area contributed by atoms with Crippen LogP contribution in [-0.4, -0.2) is 25.2 Å². The van der Waals surface area contributed by atoms with Crippen LogP contribution in [0.1, 0.15) is 26.7 Å². The van der Waals surface area contributed by atoms with E-state index in [9.17, 15) is 0 Å². The van der Waals surface area contributed by atoms with Gasteiger partial charge in [-0.25, -0.2) is 0 Å². The van der Waals surface area contributed by atoms with Crippen LogP contribution in [-0.2, 0) is 0 Å². The molecule has 1 fully saturated rings. The second-order valence-corrected chi connectivity index (χ2v) is 5.16. The number of nitrogens with one attached hydrogen (secondary N) is 1. The van der Waals surface area contributed by atoms with Gasteiger partial charge in [0, 0.05) is 36.2 Å². The number of hydrogen-bond donors (Lipinski definition) is 1. The van der Waals surface area contributed by atoms with Gasteiger partial charge in [-0.3, -0.25) is 0 Å². The molecule has 3 heteroatoms. The Labute approximate surface area is 96.3 Å². The molecule has 0 radical (unpaired) electrons. The van der Waals surface area contributed by atoms with Crippen LogP contribution in [0.5, 0.6) is 0 Å². The molecule has 0 bridgehead atoms. The van der Waals surface area contributed by atoms with Crippen molar-refractivity contribution in [2.45, 2.75) is 38.8 Å². The van der Waals surface area contributed by atoms with Crippen LogP contribution < -0.4 is 10.2 Å². The van der Waals surface area contributed by atoms with E-state index in [1.807, 2.05) is 0 Å². The monoisotopic (exact) mass is 224 g/mol. The third-order valence-corrected chi connectivity index (χ3v) is 3.80. The molecule has 0 saturated carbocycles. The van der Waals surface area contributed by atoms with E-state index in [2.05, 4.69) is 40.9 Å². The molecule has 1 aromatic rings. The third-order valence-electron chi connectivity index (χ3n) is 3.13. The Morgan fingerprint density at radius 1 is 1.60 bits per heavy atom. The minimum Gasteiger partial charge on any atom is -0.365 e. The number of thiophene rings is 1. The molecule has 2 heterocycles. The van der Waals surface area contributed by atoms with Gasteiger partial charge >= 0.3 is 0 Å². The maximum Gasteiger partial charge on any atom is 0.0478 e. The SMILES string of the molecule is CCCC1CN(c2ccsc2)C(C)CN1. The van der Waals surface area contributed by atoms with Gasteiger partial charge in [-0.05, 0) is 24.8 Å². The number of nitrogens with zero attached hydrogens (tertiary/aromatic N) is 1. The van der Waals surface area contributed by atoms with Gasteiger partial charge in [-0.1, -0.05) is 13.3 Å². The minimum absolute atomic E-state index is 0.618. The molecule has 1 saturated heterocycles. The highest BCUT2D eigenvalue weighted by Crippen LogP contribution is 2.23. The molecule has 1 N–H and O–H groups in total. The van der Waals surface area contributed by atoms with E-state index >= 15 is 0 Å². The molecular weight excluding hydrogens is 204 g/mol. The van der Waals surface area contributed by atoms with Crippen LogP contribution in [0.4, 0.5) is 5.69 Å². The molecule has 2 unspecified atom stereocenters. The van der Waals surface area contributed by atoms with Crippen LogP contribution in [0.15, 0.2) is 16.8 Å². The maximum atomic E-state index is 3.62. The van der Waals surface area contributed by atoms with E-state index in [-0.39, 0.29) is 0 Å². The van der Waals surface area contributed by atoms with Gasteiger partial charge in [0.2, 0.25) is 0 Å². The first-order chi connectivity index (χ1) is 7.31. The molecule has 1 aliphatic rings. The highest BCUT2D eigenvalue weighted by molar-refractivity contribution is 7.08. The Hall–Kier alpha value is -0.540. The molecule has 2 nitrogen and oxygen atoms in total. The molecule has 15 heavy (non-hydrogen) atoms. The number of piperazine rings is 1. The number of rotatable bonds is 3. The second-order valence-electron chi connectivity index (χ2n) is 4.38. The zero-order valence-corrected chi connectivity index (χ0v) is 10.4. The van der Waals surface area contributed by atoms with Crippen LogP contribution in [0.25, 0.3) is 0 Å². The average Bonchev–Trinajstić information content (AvgIpc) is 2.74. The lowest BCUT2D eigenvalue weighted by atomic mass is 10.1. The van der Waals surface area contributed by atoms with Crippen LogP contribution in [0.2, 0.25) is 0 Å². The van der Waals surface area contributed by atoms with Crippen molar-refractivity contribution in [2.24, 2.45) is 0 Å². The van der Waals surface area contributed by atoms with Crippen molar-refractivity contribution in [3.63, 3.8) is 0 Å². The van der Waals surface area contributed by atoms with Crippen molar-refractivity contribution in [1.82, 2.24) is 5.32 Å². The zero-order valence-electron chi connectivity index (χ0n) is 9.57. The normalized spacial score (nSPS) is 26.9. The van der Waals surface area contributed by atoms with Gasteiger partial charge in [0.25, 0.3) is 0 Å². The van der Waals surface area contributed by atoms with E-state index in [1.165, 1.54) is 18.5 Å². The first-order valence-electron chi connectivity index (χ1n) is 5.83. The Bertz CT molecular complexity index is 284. The fraction of sp³-hybridized carbons (Fsp3) is 0.667. The predicted octanol–water partition coefficient (Wildman–Crippen LogP) is 2.71. The third kappa shape index (κ3) is 2.52. The van der Waals surface area contributed by atoms with Crippen molar-refractivity contribution in [1.29, 1.82) is 0 Å². The van der Waals surface area contributed by atoms with Gasteiger partial charge in [0.05, 0.1) is 0 Å². The summed E-state index contributed by atoms with van der Waals surface area (Å²) in [7, 11) is 0. The highest BCUT2D eigenvalue weighted by atomic mass is 32.1. The molecule has 84 valence electrons. The van der Waals surface area contributed by atoms with E-state index in [0.717, 1.165) is 13.1 Å². The van der Waals surface area contributed by atoms with Crippen molar-refractivity contribution >= 4 is 17.0 Å². The van der Waals surface area contributed by atoms with Crippen LogP contribution >= 0.6 is 11.3 Å². The zero-order chi connectivity index (χ0) is 10.7. The Kier molecular flexibility index (Phi) is 3.65. The summed E-state index contributed by atoms with van der Waals surface area (Å²) in [5, 5.41) is 8.04. The molecule has 1 aromatic heterocycles. The minimum atomic E-state index is 0.618. The van der Waals surface area contributed by atoms with Crippen molar-refractivity contribution in [3.8, 4) is 0 Å². The molecule has 0 aromatic carbocycles. The summed E-state index contributed by atoms with van der Waals surface area (Å²) in [5.74, 6) is 0. The van der Waals surface area contributed by atoms with Gasteiger partial charge < -0.3 is 10.2 Å². The van der Waals surface area contributed by atoms with E-state index < -0.39 is 0 Å². The van der Waals surface area contributed by atoms with Crippen LogP contribution in [0, 0.1) is 0 Å². The maximum absolute atomic E-state index is 3.62. The summed E-state index contributed by atoms with van der Waals surface area (Å²) in [6.07, 6.45) is 2.55. The molecule has 2 atom stereocenters. The highest BCUT2D eigenvalue weighted by Gasteiger charge is 2.24. The molecular formula is C12H20N2S. The van der Waals surface area contributed by atoms with E-state index in [0.29, 0.717) is 12.1 Å². The second kappa shape index (κ2) is 4.99. The van der Waals surface area contributed by atoms with Gasteiger partial charge in [-0.15, -0.1) is 0 Å². The standard InChI is InChI=1S/C12H20N2S/c1-3-4-11-8-14(10(2)7-13-11)12-5-6-15-9-12/h5-6,9-11,13H,3-4,7-8H2,1-2H3. The quantitative estimate of drug-likeness (QED) is 0.849. The number of hydrogen-bond acceptors (Lipinski definition) is 3. The summed E-state index contributed by atoms with van der Waals surface area (Å²) >= 11 is 1.79. The van der Waals surface area contributed by atoms with Gasteiger partial charge in [-0.2, -0.15) is 11.3 Å². The topological polar surface area (TPSA) is 15.3 Å². The molecule has 1 aliphatic heterocycles.